The molecule has 1 aromatic carbocycles. The van der Waals surface area contributed by atoms with Gasteiger partial charge in [0.15, 0.2) is 11.5 Å². The Hall–Kier alpha value is -2.26. The zero-order valence-corrected chi connectivity index (χ0v) is 15.8. The van der Waals surface area contributed by atoms with Gasteiger partial charge in [0.1, 0.15) is 0 Å². The molecular formula is C18H23N3O5S. The van der Waals surface area contributed by atoms with Gasteiger partial charge in [-0.15, -0.1) is 0 Å². The van der Waals surface area contributed by atoms with Crippen LogP contribution in [0, 0.1) is 0 Å². The molecule has 1 unspecified atom stereocenters. The fourth-order valence-corrected chi connectivity index (χ4v) is 4.24. The molecule has 0 spiro atoms. The number of ether oxygens (including phenoxy) is 3. The van der Waals surface area contributed by atoms with Crippen LogP contribution in [0.5, 0.6) is 11.5 Å². The highest BCUT2D eigenvalue weighted by Gasteiger charge is 2.20. The Morgan fingerprint density at radius 1 is 1.11 bits per heavy atom. The first kappa shape index (κ1) is 18.1. The summed E-state index contributed by atoms with van der Waals surface area (Å²) in [4.78, 5) is 0.120. The highest BCUT2D eigenvalue weighted by molar-refractivity contribution is 7.92. The normalized spacial score (nSPS) is 20.1. The van der Waals surface area contributed by atoms with Gasteiger partial charge in [0.05, 0.1) is 42.6 Å². The highest BCUT2D eigenvalue weighted by atomic mass is 32.2. The van der Waals surface area contributed by atoms with Gasteiger partial charge in [-0.2, -0.15) is 5.10 Å². The third-order valence-electron chi connectivity index (χ3n) is 4.58. The summed E-state index contributed by atoms with van der Waals surface area (Å²) in [7, 11) is -3.75. The standard InChI is InChI=1S/C18H23N3O5S/c22-27(23,16-5-6-17-18(10-16)26-9-3-8-25-17)20-14-11-19-21(12-14)13-15-4-1-2-7-24-15/h5-6,10-12,15,20H,1-4,7-9,13H2. The topological polar surface area (TPSA) is 91.7 Å². The summed E-state index contributed by atoms with van der Waals surface area (Å²) in [5, 5.41) is 4.24. The molecule has 3 heterocycles. The van der Waals surface area contributed by atoms with Crippen LogP contribution in [0.25, 0.3) is 0 Å². The van der Waals surface area contributed by atoms with E-state index in [4.69, 9.17) is 14.2 Å². The molecule has 1 fully saturated rings. The van der Waals surface area contributed by atoms with Crippen LogP contribution in [0.4, 0.5) is 5.69 Å². The molecule has 0 bridgehead atoms. The van der Waals surface area contributed by atoms with Crippen LogP contribution in [-0.4, -0.2) is 44.1 Å². The molecule has 8 nitrogen and oxygen atoms in total. The number of nitrogens with one attached hydrogen (secondary N) is 1. The molecule has 0 aliphatic carbocycles. The average Bonchev–Trinajstić information content (AvgIpc) is 2.95. The lowest BCUT2D eigenvalue weighted by atomic mass is 10.1. The van der Waals surface area contributed by atoms with Gasteiger partial charge in [-0.25, -0.2) is 8.42 Å². The number of hydrogen-bond donors (Lipinski definition) is 1. The zero-order chi connectivity index (χ0) is 18.7. The van der Waals surface area contributed by atoms with Crippen LogP contribution in [0.1, 0.15) is 25.7 Å². The van der Waals surface area contributed by atoms with E-state index in [-0.39, 0.29) is 11.0 Å². The van der Waals surface area contributed by atoms with Gasteiger partial charge >= 0.3 is 0 Å². The lowest BCUT2D eigenvalue weighted by Gasteiger charge is -2.22. The molecule has 1 atom stereocenters. The molecule has 1 aromatic heterocycles. The Labute approximate surface area is 158 Å². The minimum atomic E-state index is -3.75. The lowest BCUT2D eigenvalue weighted by Crippen LogP contribution is -2.24. The van der Waals surface area contributed by atoms with Crippen molar-refractivity contribution in [1.29, 1.82) is 0 Å². The van der Waals surface area contributed by atoms with Crippen LogP contribution in [0.15, 0.2) is 35.5 Å². The summed E-state index contributed by atoms with van der Waals surface area (Å²) in [5.41, 5.74) is 0.415. The molecule has 146 valence electrons. The Morgan fingerprint density at radius 3 is 2.78 bits per heavy atom. The van der Waals surface area contributed by atoms with E-state index in [0.717, 1.165) is 32.3 Å². The van der Waals surface area contributed by atoms with E-state index < -0.39 is 10.0 Å². The van der Waals surface area contributed by atoms with E-state index >= 15 is 0 Å². The number of sulfonamides is 1. The summed E-state index contributed by atoms with van der Waals surface area (Å²) in [5.74, 6) is 1.01. The molecule has 1 N–H and O–H groups in total. The van der Waals surface area contributed by atoms with Crippen molar-refractivity contribution in [3.63, 3.8) is 0 Å². The maximum atomic E-state index is 12.7. The number of fused-ring (bicyclic) bond motifs is 1. The van der Waals surface area contributed by atoms with Crippen LogP contribution in [0.3, 0.4) is 0 Å². The Morgan fingerprint density at radius 2 is 1.96 bits per heavy atom. The van der Waals surface area contributed by atoms with Crippen molar-refractivity contribution in [1.82, 2.24) is 9.78 Å². The van der Waals surface area contributed by atoms with E-state index in [1.165, 1.54) is 18.3 Å². The summed E-state index contributed by atoms with van der Waals surface area (Å²) >= 11 is 0. The third kappa shape index (κ3) is 4.36. The molecule has 2 aliphatic heterocycles. The van der Waals surface area contributed by atoms with Gasteiger partial charge < -0.3 is 14.2 Å². The van der Waals surface area contributed by atoms with Crippen molar-refractivity contribution in [2.24, 2.45) is 0 Å². The van der Waals surface area contributed by atoms with Crippen molar-refractivity contribution in [2.75, 3.05) is 24.5 Å². The predicted molar refractivity (Wildman–Crippen MR) is 98.7 cm³/mol. The Balaban J connectivity index is 1.46. The van der Waals surface area contributed by atoms with Gasteiger partial charge in [0.2, 0.25) is 0 Å². The molecule has 0 amide bonds. The molecule has 9 heteroatoms. The minimum absolute atomic E-state index is 0.120. The van der Waals surface area contributed by atoms with Crippen LogP contribution in [-0.2, 0) is 21.3 Å². The minimum Gasteiger partial charge on any atom is -0.490 e. The molecule has 1 saturated heterocycles. The first-order chi connectivity index (χ1) is 13.1. The van der Waals surface area contributed by atoms with Crippen molar-refractivity contribution in [3.8, 4) is 11.5 Å². The number of rotatable bonds is 5. The third-order valence-corrected chi connectivity index (χ3v) is 5.96. The second-order valence-electron chi connectivity index (χ2n) is 6.70. The van der Waals surface area contributed by atoms with Crippen molar-refractivity contribution in [2.45, 2.75) is 43.2 Å². The summed E-state index contributed by atoms with van der Waals surface area (Å²) in [6.45, 7) is 2.45. The molecular weight excluding hydrogens is 370 g/mol. The SMILES string of the molecule is O=S(=O)(Nc1cnn(CC2CCCCO2)c1)c1ccc2c(c1)OCCCO2. The number of anilines is 1. The maximum absolute atomic E-state index is 12.7. The smallest absolute Gasteiger partial charge is 0.262 e. The van der Waals surface area contributed by atoms with Gasteiger partial charge in [0, 0.05) is 25.3 Å². The summed E-state index contributed by atoms with van der Waals surface area (Å²) in [6.07, 6.45) is 7.31. The molecule has 27 heavy (non-hydrogen) atoms. The molecule has 2 aromatic rings. The lowest BCUT2D eigenvalue weighted by molar-refractivity contribution is 0.00401. The van der Waals surface area contributed by atoms with Crippen LogP contribution in [0.2, 0.25) is 0 Å². The van der Waals surface area contributed by atoms with Gasteiger partial charge in [-0.1, -0.05) is 0 Å². The zero-order valence-electron chi connectivity index (χ0n) is 15.0. The van der Waals surface area contributed by atoms with Gasteiger partial charge in [-0.05, 0) is 31.4 Å². The monoisotopic (exact) mass is 393 g/mol. The molecule has 4 rings (SSSR count). The first-order valence-corrected chi connectivity index (χ1v) is 10.6. The second-order valence-corrected chi connectivity index (χ2v) is 8.39. The van der Waals surface area contributed by atoms with E-state index in [0.29, 0.717) is 36.9 Å². The summed E-state index contributed by atoms with van der Waals surface area (Å²) in [6, 6.07) is 4.62. The van der Waals surface area contributed by atoms with Crippen LogP contribution >= 0.6 is 0 Å². The highest BCUT2D eigenvalue weighted by Crippen LogP contribution is 2.32. The van der Waals surface area contributed by atoms with Crippen molar-refractivity contribution >= 4 is 15.7 Å². The van der Waals surface area contributed by atoms with E-state index in [9.17, 15) is 8.42 Å². The first-order valence-electron chi connectivity index (χ1n) is 9.17. The summed E-state index contributed by atoms with van der Waals surface area (Å²) < 4.78 is 46.5. The largest absolute Gasteiger partial charge is 0.490 e. The number of benzene rings is 1. The average molecular weight is 393 g/mol. The number of hydrogen-bond acceptors (Lipinski definition) is 6. The quantitative estimate of drug-likeness (QED) is 0.839. The van der Waals surface area contributed by atoms with E-state index in [2.05, 4.69) is 9.82 Å². The van der Waals surface area contributed by atoms with Crippen LogP contribution < -0.4 is 14.2 Å². The van der Waals surface area contributed by atoms with E-state index in [1.54, 1.807) is 16.9 Å². The molecule has 0 saturated carbocycles. The van der Waals surface area contributed by atoms with Gasteiger partial charge in [-0.3, -0.25) is 9.40 Å². The molecule has 0 radical (unpaired) electrons. The van der Waals surface area contributed by atoms with E-state index in [1.807, 2.05) is 0 Å². The fourth-order valence-electron chi connectivity index (χ4n) is 3.20. The molecule has 2 aliphatic rings. The fraction of sp³-hybridized carbons (Fsp3) is 0.500. The van der Waals surface area contributed by atoms with Gasteiger partial charge in [0.25, 0.3) is 10.0 Å². The maximum Gasteiger partial charge on any atom is 0.262 e. The Bertz CT molecular complexity index is 890. The second kappa shape index (κ2) is 7.77. The predicted octanol–water partition coefficient (Wildman–Crippen LogP) is 2.41. The number of aromatic nitrogens is 2. The van der Waals surface area contributed by atoms with Crippen molar-refractivity contribution < 1.29 is 22.6 Å². The Kier molecular flexibility index (Phi) is 5.22. The van der Waals surface area contributed by atoms with Crippen molar-refractivity contribution in [3.05, 3.63) is 30.6 Å². The number of nitrogens with zero attached hydrogens (tertiary/aromatic N) is 2.